The molecule has 0 atom stereocenters. The van der Waals surface area contributed by atoms with E-state index in [4.69, 9.17) is 0 Å². The van der Waals surface area contributed by atoms with Crippen molar-refractivity contribution in [3.63, 3.8) is 0 Å². The maximum Gasteiger partial charge on any atom is 0.348 e. The molecule has 4 nitrogen and oxygen atoms in total. The fourth-order valence-electron chi connectivity index (χ4n) is 3.22. The van der Waals surface area contributed by atoms with Crippen molar-refractivity contribution in [1.29, 1.82) is 0 Å². The van der Waals surface area contributed by atoms with E-state index in [0.717, 1.165) is 33.5 Å². The summed E-state index contributed by atoms with van der Waals surface area (Å²) in [5, 5.41) is 4.53. The number of nitrogens with zero attached hydrogens (tertiary/aromatic N) is 2. The summed E-state index contributed by atoms with van der Waals surface area (Å²) >= 11 is 0. The number of benzene rings is 2. The molecule has 118 valence electrons. The molecule has 0 radical (unpaired) electrons. The van der Waals surface area contributed by atoms with Gasteiger partial charge in [-0.1, -0.05) is 34.9 Å². The van der Waals surface area contributed by atoms with Crippen molar-refractivity contribution in [3.05, 3.63) is 68.6 Å². The summed E-state index contributed by atoms with van der Waals surface area (Å²) in [5.41, 5.74) is 7.15. The summed E-state index contributed by atoms with van der Waals surface area (Å²) in [6, 6.07) is 10.3. The minimum atomic E-state index is -0.214. The van der Waals surface area contributed by atoms with Gasteiger partial charge in [-0.2, -0.15) is 4.68 Å². The molecule has 23 heavy (non-hydrogen) atoms. The molecule has 0 aliphatic heterocycles. The van der Waals surface area contributed by atoms with Crippen LogP contribution in [0, 0.1) is 34.6 Å². The number of hydrogen-bond acceptors (Lipinski definition) is 2. The van der Waals surface area contributed by atoms with E-state index in [1.807, 2.05) is 39.8 Å². The lowest BCUT2D eigenvalue weighted by atomic mass is 10.1. The highest BCUT2D eigenvalue weighted by Crippen LogP contribution is 2.21. The molecule has 0 saturated heterocycles. The first kappa shape index (κ1) is 15.3. The molecule has 0 aliphatic carbocycles. The maximum absolute atomic E-state index is 12.4. The van der Waals surface area contributed by atoms with Gasteiger partial charge in [0.05, 0.1) is 5.69 Å². The van der Waals surface area contributed by atoms with Gasteiger partial charge in [0.2, 0.25) is 0 Å². The van der Waals surface area contributed by atoms with E-state index in [9.17, 15) is 4.79 Å². The summed E-state index contributed by atoms with van der Waals surface area (Å²) in [4.78, 5) is 15.3. The van der Waals surface area contributed by atoms with Gasteiger partial charge in [-0.3, -0.25) is 4.98 Å². The smallest absolute Gasteiger partial charge is 0.288 e. The standard InChI is InChI=1S/C19H21N3O/c1-11-6-12(2)10-16(9-11)18-20-19(23)22(21-18)17-14(4)7-13(3)8-15(17)5/h6-10H,1-5H3,(H,20,21,23). The topological polar surface area (TPSA) is 50.7 Å². The number of rotatable bonds is 2. The maximum atomic E-state index is 12.4. The monoisotopic (exact) mass is 307 g/mol. The second-order valence-corrected chi connectivity index (χ2v) is 6.31. The number of aromatic amines is 1. The Balaban J connectivity index is 2.18. The van der Waals surface area contributed by atoms with Crippen LogP contribution >= 0.6 is 0 Å². The van der Waals surface area contributed by atoms with Crippen molar-refractivity contribution in [1.82, 2.24) is 14.8 Å². The predicted octanol–water partition coefficient (Wildman–Crippen LogP) is 3.77. The number of hydrogen-bond donors (Lipinski definition) is 1. The highest BCUT2D eigenvalue weighted by molar-refractivity contribution is 5.58. The van der Waals surface area contributed by atoms with Crippen molar-refractivity contribution in [2.24, 2.45) is 0 Å². The lowest BCUT2D eigenvalue weighted by Gasteiger charge is -2.09. The molecule has 0 aliphatic rings. The Labute approximate surface area is 135 Å². The van der Waals surface area contributed by atoms with Crippen molar-refractivity contribution in [2.75, 3.05) is 0 Å². The molecule has 4 heteroatoms. The Bertz CT molecular complexity index is 904. The average Bonchev–Trinajstić information content (AvgIpc) is 2.79. The summed E-state index contributed by atoms with van der Waals surface area (Å²) in [6.07, 6.45) is 0. The third-order valence-electron chi connectivity index (χ3n) is 3.96. The Kier molecular flexibility index (Phi) is 3.68. The summed E-state index contributed by atoms with van der Waals surface area (Å²) in [6.45, 7) is 10.2. The molecule has 0 bridgehead atoms. The normalized spacial score (nSPS) is 11.0. The van der Waals surface area contributed by atoms with Crippen LogP contribution in [0.4, 0.5) is 0 Å². The molecule has 1 heterocycles. The van der Waals surface area contributed by atoms with Gasteiger partial charge in [0.25, 0.3) is 0 Å². The molecule has 3 aromatic rings. The van der Waals surface area contributed by atoms with E-state index in [-0.39, 0.29) is 5.69 Å². The molecule has 1 N–H and O–H groups in total. The van der Waals surface area contributed by atoms with Crippen LogP contribution in [-0.2, 0) is 0 Å². The van der Waals surface area contributed by atoms with Crippen LogP contribution in [-0.4, -0.2) is 14.8 Å². The number of H-pyrrole nitrogens is 1. The summed E-state index contributed by atoms with van der Waals surface area (Å²) in [5.74, 6) is 0.598. The molecule has 0 unspecified atom stereocenters. The van der Waals surface area contributed by atoms with E-state index in [1.54, 1.807) is 0 Å². The Hall–Kier alpha value is -2.62. The minimum Gasteiger partial charge on any atom is -0.288 e. The molecule has 3 rings (SSSR count). The van der Waals surface area contributed by atoms with Gasteiger partial charge in [-0.25, -0.2) is 4.79 Å². The zero-order valence-electron chi connectivity index (χ0n) is 14.2. The van der Waals surface area contributed by atoms with Gasteiger partial charge in [0, 0.05) is 5.56 Å². The quantitative estimate of drug-likeness (QED) is 0.783. The number of aromatic nitrogens is 3. The van der Waals surface area contributed by atoms with Gasteiger partial charge in [-0.05, 0) is 57.9 Å². The lowest BCUT2D eigenvalue weighted by Crippen LogP contribution is -2.18. The SMILES string of the molecule is Cc1cc(C)cc(-c2nn(-c3c(C)cc(C)cc3C)c(=O)[nH]2)c1. The third kappa shape index (κ3) is 2.84. The predicted molar refractivity (Wildman–Crippen MR) is 93.3 cm³/mol. The first-order chi connectivity index (χ1) is 10.8. The number of aryl methyl sites for hydroxylation is 5. The number of nitrogens with one attached hydrogen (secondary N) is 1. The third-order valence-corrected chi connectivity index (χ3v) is 3.96. The molecular formula is C19H21N3O. The van der Waals surface area contributed by atoms with Crippen molar-refractivity contribution in [3.8, 4) is 17.1 Å². The van der Waals surface area contributed by atoms with Crippen LogP contribution in [0.25, 0.3) is 17.1 Å². The zero-order valence-corrected chi connectivity index (χ0v) is 14.2. The molecule has 2 aromatic carbocycles. The van der Waals surface area contributed by atoms with E-state index in [0.29, 0.717) is 5.82 Å². The van der Waals surface area contributed by atoms with Crippen molar-refractivity contribution in [2.45, 2.75) is 34.6 Å². The van der Waals surface area contributed by atoms with Gasteiger partial charge in [0.15, 0.2) is 5.82 Å². The highest BCUT2D eigenvalue weighted by atomic mass is 16.1. The van der Waals surface area contributed by atoms with Crippen LogP contribution in [0.5, 0.6) is 0 Å². The lowest BCUT2D eigenvalue weighted by molar-refractivity contribution is 0.830. The van der Waals surface area contributed by atoms with Crippen LogP contribution in [0.3, 0.4) is 0 Å². The molecular weight excluding hydrogens is 286 g/mol. The van der Waals surface area contributed by atoms with Crippen LogP contribution in [0.1, 0.15) is 27.8 Å². The van der Waals surface area contributed by atoms with E-state index < -0.39 is 0 Å². The van der Waals surface area contributed by atoms with E-state index in [2.05, 4.69) is 35.2 Å². The van der Waals surface area contributed by atoms with Crippen LogP contribution < -0.4 is 5.69 Å². The Morgan fingerprint density at radius 1 is 0.826 bits per heavy atom. The second kappa shape index (κ2) is 5.54. The summed E-state index contributed by atoms with van der Waals surface area (Å²) < 4.78 is 1.47. The Morgan fingerprint density at radius 3 is 1.91 bits per heavy atom. The van der Waals surface area contributed by atoms with Crippen LogP contribution in [0.15, 0.2) is 35.1 Å². The fourth-order valence-corrected chi connectivity index (χ4v) is 3.22. The fraction of sp³-hybridized carbons (Fsp3) is 0.263. The average molecular weight is 307 g/mol. The van der Waals surface area contributed by atoms with Crippen molar-refractivity contribution >= 4 is 0 Å². The highest BCUT2D eigenvalue weighted by Gasteiger charge is 2.14. The molecule has 0 saturated carbocycles. The minimum absolute atomic E-state index is 0.214. The Morgan fingerprint density at radius 2 is 1.35 bits per heavy atom. The molecule has 0 spiro atoms. The van der Waals surface area contributed by atoms with Crippen molar-refractivity contribution < 1.29 is 0 Å². The van der Waals surface area contributed by atoms with Crippen LogP contribution in [0.2, 0.25) is 0 Å². The van der Waals surface area contributed by atoms with E-state index >= 15 is 0 Å². The molecule has 0 fully saturated rings. The van der Waals surface area contributed by atoms with Gasteiger partial charge < -0.3 is 0 Å². The van der Waals surface area contributed by atoms with Gasteiger partial charge in [-0.15, -0.1) is 5.10 Å². The molecule has 0 amide bonds. The first-order valence-corrected chi connectivity index (χ1v) is 7.71. The molecule has 1 aromatic heterocycles. The van der Waals surface area contributed by atoms with Gasteiger partial charge in [0.1, 0.15) is 0 Å². The largest absolute Gasteiger partial charge is 0.348 e. The van der Waals surface area contributed by atoms with Gasteiger partial charge >= 0.3 is 5.69 Å². The second-order valence-electron chi connectivity index (χ2n) is 6.31. The first-order valence-electron chi connectivity index (χ1n) is 7.71. The summed E-state index contributed by atoms with van der Waals surface area (Å²) in [7, 11) is 0. The zero-order chi connectivity index (χ0) is 16.7. The van der Waals surface area contributed by atoms with E-state index in [1.165, 1.54) is 10.2 Å².